The monoisotopic (exact) mass is 1250 g/mol. The number of halogens is 1. The number of fused-ring (bicyclic) bond motifs is 22. The Morgan fingerprint density at radius 3 is 1.17 bits per heavy atom. The zero-order valence-corrected chi connectivity index (χ0v) is 52.9. The number of hydrogen-bond donors (Lipinski definition) is 0. The van der Waals surface area contributed by atoms with Crippen LogP contribution in [0.15, 0.2) is 296 Å². The molecule has 0 radical (unpaired) electrons. The number of hydrogen-bond acceptors (Lipinski definition) is 4. The van der Waals surface area contributed by atoms with Gasteiger partial charge in [0, 0.05) is 36.8 Å². The predicted molar refractivity (Wildman–Crippen MR) is 392 cm³/mol. The number of para-hydroxylation sites is 4. The van der Waals surface area contributed by atoms with Gasteiger partial charge in [-0.05, 0) is 188 Å². The van der Waals surface area contributed by atoms with E-state index in [1.54, 1.807) is 0 Å². The van der Waals surface area contributed by atoms with Crippen LogP contribution in [0.5, 0.6) is 0 Å². The van der Waals surface area contributed by atoms with Crippen LogP contribution in [0.1, 0.15) is 27.7 Å². The lowest BCUT2D eigenvalue weighted by Gasteiger charge is -2.32. The molecule has 92 heavy (non-hydrogen) atoms. The van der Waals surface area contributed by atoms with E-state index in [0.717, 1.165) is 54.2 Å². The van der Waals surface area contributed by atoms with E-state index in [9.17, 15) is 0 Å². The van der Waals surface area contributed by atoms with Crippen molar-refractivity contribution < 1.29 is 9.31 Å². The van der Waals surface area contributed by atoms with Crippen molar-refractivity contribution in [2.45, 2.75) is 38.9 Å². The zero-order valence-electron chi connectivity index (χ0n) is 51.3. The second kappa shape index (κ2) is 21.9. The number of rotatable bonds is 4. The Balaban J connectivity index is 0.000000114. The number of nitrogens with zero attached hydrogens (tertiary/aromatic N) is 4. The van der Waals surface area contributed by atoms with Gasteiger partial charge in [-0.1, -0.05) is 228 Å². The molecule has 18 aromatic rings. The molecule has 1 saturated heterocycles. The zero-order chi connectivity index (χ0) is 61.8. The van der Waals surface area contributed by atoms with Gasteiger partial charge in [0.1, 0.15) is 11.3 Å². The Morgan fingerprint density at radius 2 is 0.674 bits per heavy atom. The molecule has 0 spiro atoms. The van der Waals surface area contributed by atoms with Crippen molar-refractivity contribution in [2.24, 2.45) is 0 Å². The van der Waals surface area contributed by atoms with Crippen LogP contribution in [0.3, 0.4) is 0 Å². The van der Waals surface area contributed by atoms with Crippen molar-refractivity contribution in [3.8, 4) is 33.4 Å². The smallest absolute Gasteiger partial charge is 0.399 e. The topological polar surface area (TPSA) is 53.1 Å². The summed E-state index contributed by atoms with van der Waals surface area (Å²) in [5.41, 5.74) is 16.2. The van der Waals surface area contributed by atoms with Gasteiger partial charge < -0.3 is 9.31 Å². The van der Waals surface area contributed by atoms with Gasteiger partial charge >= 0.3 is 7.12 Å². The average molecular weight is 1250 g/mol. The van der Waals surface area contributed by atoms with Crippen LogP contribution < -0.4 is 5.46 Å². The number of benzene rings is 14. The highest BCUT2D eigenvalue weighted by Gasteiger charge is 2.51. The molecule has 0 bridgehead atoms. The molecule has 4 aromatic heterocycles. The average Bonchev–Trinajstić information content (AvgIpc) is 1.43. The summed E-state index contributed by atoms with van der Waals surface area (Å²) < 4.78 is 18.5. The first-order valence-corrected chi connectivity index (χ1v) is 32.3. The molecule has 1 aliphatic rings. The Bertz CT molecular complexity index is 5980. The molecule has 8 heteroatoms. The minimum absolute atomic E-state index is 0.383. The van der Waals surface area contributed by atoms with Crippen LogP contribution in [0, 0.1) is 0 Å². The molecular weight excluding hydrogens is 1190 g/mol. The summed E-state index contributed by atoms with van der Waals surface area (Å²) in [7, 11) is -0.408. The first-order valence-electron chi connectivity index (χ1n) is 31.5. The summed E-state index contributed by atoms with van der Waals surface area (Å²) in [5.74, 6) is 0. The van der Waals surface area contributed by atoms with Crippen molar-refractivity contribution in [1.82, 2.24) is 18.8 Å². The quantitative estimate of drug-likeness (QED) is 0.130. The Hall–Kier alpha value is -10.5. The molecule has 0 atom stereocenters. The summed E-state index contributed by atoms with van der Waals surface area (Å²) in [5, 5.41) is 17.3. The molecule has 0 N–H and O–H groups in total. The van der Waals surface area contributed by atoms with Gasteiger partial charge in [-0.2, -0.15) is 0 Å². The van der Waals surface area contributed by atoms with Gasteiger partial charge in [-0.25, -0.2) is 9.97 Å². The van der Waals surface area contributed by atoms with E-state index in [1.165, 1.54) is 109 Å². The second-order valence-corrected chi connectivity index (χ2v) is 26.2. The van der Waals surface area contributed by atoms with Crippen molar-refractivity contribution >= 4 is 148 Å². The lowest BCUT2D eigenvalue weighted by molar-refractivity contribution is 0.00578. The summed E-state index contributed by atoms with van der Waals surface area (Å²) >= 11 is 3.46. The summed E-state index contributed by atoms with van der Waals surface area (Å²) in [6.07, 6.45) is 0. The van der Waals surface area contributed by atoms with E-state index in [1.807, 2.05) is 6.07 Å². The minimum atomic E-state index is -0.408. The van der Waals surface area contributed by atoms with Crippen molar-refractivity contribution in [1.29, 1.82) is 0 Å². The van der Waals surface area contributed by atoms with Gasteiger partial charge in [0.15, 0.2) is 0 Å². The van der Waals surface area contributed by atoms with E-state index in [4.69, 9.17) is 19.3 Å². The van der Waals surface area contributed by atoms with Gasteiger partial charge in [-0.3, -0.25) is 8.80 Å². The molecule has 6 nitrogen and oxygen atoms in total. The van der Waals surface area contributed by atoms with Crippen molar-refractivity contribution in [3.63, 3.8) is 0 Å². The maximum atomic E-state index is 6.40. The SMILES string of the molecule is Brc1ccc(-c2ccc3ccccc3c2)cc1.CC1(C)OB(c2ccc3c(c2)c2c4ccccc4ccc2c2nc4ccccc4n32)OC1(C)C.c1ccc2cc(-c3ccc(-c4ccc5c(c4)c4c6ccccc6ccc4c4nc6ccccc6n54)cc3)ccc2c1. The first-order chi connectivity index (χ1) is 45.0. The Labute approximate surface area is 540 Å². The molecule has 14 aromatic carbocycles. The number of aromatic nitrogens is 4. The van der Waals surface area contributed by atoms with Gasteiger partial charge in [0.25, 0.3) is 0 Å². The summed E-state index contributed by atoms with van der Waals surface area (Å²) in [4.78, 5) is 10.2. The Kier molecular flexibility index (Phi) is 13.2. The highest BCUT2D eigenvalue weighted by molar-refractivity contribution is 9.10. The van der Waals surface area contributed by atoms with E-state index < -0.39 is 7.12 Å². The number of imidazole rings is 2. The van der Waals surface area contributed by atoms with Gasteiger partial charge in [0.2, 0.25) is 0 Å². The largest absolute Gasteiger partial charge is 0.494 e. The third-order valence-electron chi connectivity index (χ3n) is 19.3. The third-order valence-corrected chi connectivity index (χ3v) is 19.8. The van der Waals surface area contributed by atoms with Crippen LogP contribution in [0.2, 0.25) is 0 Å². The fourth-order valence-corrected chi connectivity index (χ4v) is 14.1. The molecule has 5 heterocycles. The van der Waals surface area contributed by atoms with Crippen LogP contribution >= 0.6 is 15.9 Å². The minimum Gasteiger partial charge on any atom is -0.399 e. The molecule has 1 aliphatic heterocycles. The van der Waals surface area contributed by atoms with Crippen LogP contribution in [0.25, 0.3) is 153 Å². The molecule has 0 aliphatic carbocycles. The first kappa shape index (κ1) is 55.6. The third kappa shape index (κ3) is 9.39. The predicted octanol–water partition coefficient (Wildman–Crippen LogP) is 21.9. The molecular formula is C84H60BBrN4O2. The fraction of sp³-hybridized carbons (Fsp3) is 0.0714. The molecule has 438 valence electrons. The van der Waals surface area contributed by atoms with E-state index >= 15 is 0 Å². The summed E-state index contributed by atoms with van der Waals surface area (Å²) in [6, 6.07) is 104. The van der Waals surface area contributed by atoms with Crippen LogP contribution in [-0.2, 0) is 9.31 Å². The molecule has 19 rings (SSSR count). The maximum Gasteiger partial charge on any atom is 0.494 e. The van der Waals surface area contributed by atoms with Gasteiger partial charge in [0.05, 0.1) is 44.3 Å². The maximum absolute atomic E-state index is 6.40. The Morgan fingerprint density at radius 1 is 0.304 bits per heavy atom. The second-order valence-electron chi connectivity index (χ2n) is 25.2. The van der Waals surface area contributed by atoms with Crippen LogP contribution in [0.4, 0.5) is 0 Å². The number of pyridine rings is 2. The normalized spacial score (nSPS) is 13.8. The molecule has 1 fully saturated rings. The standard InChI is InChI=1S/C39H24N2.C29H25BN2O2.C16H11Br/c1-2-9-29-23-30(18-17-25(29)7-1)26-13-15-27(16-14-26)31-20-22-36-34(24-31)38-32-10-4-3-8-28(32)19-21-33(38)39-40-35-11-5-6-12-37(35)41(36)39;1-28(2)29(3,4)34-30(33-28)19-14-16-24-22(17-19)26-20-10-6-5-9-18(20)13-15-21(26)27-31-23-11-7-8-12-25(23)32(24)27;17-16-9-7-13(8-10-16)15-6-5-12-3-1-2-4-14(12)11-15/h1-24H;5-17H,1-4H3;1-11H. The van der Waals surface area contributed by atoms with Crippen LogP contribution in [-0.4, -0.2) is 37.1 Å². The van der Waals surface area contributed by atoms with Gasteiger partial charge in [-0.15, -0.1) is 0 Å². The van der Waals surface area contributed by atoms with Crippen molar-refractivity contribution in [3.05, 3.63) is 296 Å². The lowest BCUT2D eigenvalue weighted by Crippen LogP contribution is -2.41. The molecule has 0 amide bonds. The van der Waals surface area contributed by atoms with E-state index in [2.05, 4.69) is 338 Å². The van der Waals surface area contributed by atoms with Crippen molar-refractivity contribution in [2.75, 3.05) is 0 Å². The summed E-state index contributed by atoms with van der Waals surface area (Å²) in [6.45, 7) is 8.38. The lowest BCUT2D eigenvalue weighted by atomic mass is 9.78. The molecule has 0 unspecified atom stereocenters. The highest BCUT2D eigenvalue weighted by atomic mass is 79.9. The highest BCUT2D eigenvalue weighted by Crippen LogP contribution is 2.42. The van der Waals surface area contributed by atoms with E-state index in [-0.39, 0.29) is 11.2 Å². The molecule has 0 saturated carbocycles. The van der Waals surface area contributed by atoms with E-state index in [0.29, 0.717) is 0 Å². The fourth-order valence-electron chi connectivity index (χ4n) is 13.8.